The first kappa shape index (κ1) is 18.5. The van der Waals surface area contributed by atoms with Gasteiger partial charge in [0, 0.05) is 30.4 Å². The van der Waals surface area contributed by atoms with Crippen molar-refractivity contribution in [3.05, 3.63) is 42.1 Å². The van der Waals surface area contributed by atoms with E-state index in [4.69, 9.17) is 13.9 Å². The summed E-state index contributed by atoms with van der Waals surface area (Å²) in [6.07, 6.45) is 3.57. The number of ether oxygens (including phenoxy) is 2. The summed E-state index contributed by atoms with van der Waals surface area (Å²) in [5.74, 6) is 2.13. The molecule has 3 rings (SSSR count). The molecule has 1 aliphatic heterocycles. The lowest BCUT2D eigenvalue weighted by Gasteiger charge is -2.13. The van der Waals surface area contributed by atoms with Gasteiger partial charge in [-0.1, -0.05) is 20.8 Å². The Morgan fingerprint density at radius 1 is 1.31 bits per heavy atom. The lowest BCUT2D eigenvalue weighted by molar-refractivity contribution is -0.116. The van der Waals surface area contributed by atoms with Gasteiger partial charge in [0.2, 0.25) is 5.91 Å². The number of hydrogen-bond acceptors (Lipinski definition) is 5. The standard InChI is InChI=1S/C20H26N2O4/c1-20(2,3)17-12-21-19(26-17)9-8-18(23)22-14-4-6-15(7-5-14)25-16-10-11-24-13-16/h4-7,12,16H,8-11,13H2,1-3H3,(H,22,23). The van der Waals surface area contributed by atoms with Crippen LogP contribution < -0.4 is 10.1 Å². The lowest BCUT2D eigenvalue weighted by Crippen LogP contribution is -2.16. The first-order valence-corrected chi connectivity index (χ1v) is 9.00. The predicted molar refractivity (Wildman–Crippen MR) is 98.4 cm³/mol. The Balaban J connectivity index is 1.46. The number of rotatable bonds is 6. The van der Waals surface area contributed by atoms with Crippen LogP contribution in [-0.4, -0.2) is 30.2 Å². The van der Waals surface area contributed by atoms with Crippen LogP contribution in [0.4, 0.5) is 5.69 Å². The fraction of sp³-hybridized carbons (Fsp3) is 0.500. The van der Waals surface area contributed by atoms with Crippen molar-refractivity contribution in [1.29, 1.82) is 0 Å². The molecule has 0 aliphatic carbocycles. The second-order valence-electron chi connectivity index (χ2n) is 7.54. The molecular weight excluding hydrogens is 332 g/mol. The van der Waals surface area contributed by atoms with Crippen LogP contribution in [-0.2, 0) is 21.4 Å². The first-order valence-electron chi connectivity index (χ1n) is 9.00. The molecule has 6 nitrogen and oxygen atoms in total. The molecule has 0 saturated carbocycles. The molecule has 1 N–H and O–H groups in total. The summed E-state index contributed by atoms with van der Waals surface area (Å²) in [5, 5.41) is 2.88. The Morgan fingerprint density at radius 3 is 2.69 bits per heavy atom. The fourth-order valence-corrected chi connectivity index (χ4v) is 2.63. The van der Waals surface area contributed by atoms with E-state index in [1.54, 1.807) is 6.20 Å². The molecule has 2 heterocycles. The summed E-state index contributed by atoms with van der Waals surface area (Å²) >= 11 is 0. The largest absolute Gasteiger partial charge is 0.488 e. The number of anilines is 1. The molecule has 1 unspecified atom stereocenters. The zero-order chi connectivity index (χ0) is 18.6. The van der Waals surface area contributed by atoms with E-state index in [0.717, 1.165) is 30.2 Å². The Labute approximate surface area is 153 Å². The molecule has 6 heteroatoms. The van der Waals surface area contributed by atoms with Crippen molar-refractivity contribution >= 4 is 11.6 Å². The highest BCUT2D eigenvalue weighted by Gasteiger charge is 2.19. The minimum absolute atomic E-state index is 0.0710. The van der Waals surface area contributed by atoms with E-state index >= 15 is 0 Å². The molecule has 1 amide bonds. The Kier molecular flexibility index (Phi) is 5.61. The van der Waals surface area contributed by atoms with Gasteiger partial charge in [0.1, 0.15) is 17.6 Å². The minimum atomic E-state index is -0.0814. The highest BCUT2D eigenvalue weighted by atomic mass is 16.5. The molecule has 2 aromatic rings. The van der Waals surface area contributed by atoms with Crippen LogP contribution >= 0.6 is 0 Å². The second-order valence-corrected chi connectivity index (χ2v) is 7.54. The van der Waals surface area contributed by atoms with E-state index in [9.17, 15) is 4.79 Å². The number of oxazole rings is 1. The average Bonchev–Trinajstić information content (AvgIpc) is 3.26. The van der Waals surface area contributed by atoms with Gasteiger partial charge in [-0.05, 0) is 24.3 Å². The van der Waals surface area contributed by atoms with E-state index in [2.05, 4.69) is 31.1 Å². The van der Waals surface area contributed by atoms with Gasteiger partial charge < -0.3 is 19.2 Å². The summed E-state index contributed by atoms with van der Waals surface area (Å²) in [5.41, 5.74) is 0.662. The van der Waals surface area contributed by atoms with Crippen LogP contribution in [0.3, 0.4) is 0 Å². The van der Waals surface area contributed by atoms with Crippen molar-refractivity contribution in [3.8, 4) is 5.75 Å². The average molecular weight is 358 g/mol. The predicted octanol–water partition coefficient (Wildman–Crippen LogP) is 3.71. The van der Waals surface area contributed by atoms with Gasteiger partial charge >= 0.3 is 0 Å². The van der Waals surface area contributed by atoms with Gasteiger partial charge in [0.05, 0.1) is 19.4 Å². The maximum atomic E-state index is 12.1. The maximum Gasteiger partial charge on any atom is 0.224 e. The monoisotopic (exact) mass is 358 g/mol. The van der Waals surface area contributed by atoms with Crippen molar-refractivity contribution in [2.45, 2.75) is 51.6 Å². The number of amides is 1. The molecule has 1 atom stereocenters. The molecule has 0 spiro atoms. The molecular formula is C20H26N2O4. The number of carbonyl (C=O) groups excluding carboxylic acids is 1. The highest BCUT2D eigenvalue weighted by Crippen LogP contribution is 2.23. The molecule has 140 valence electrons. The van der Waals surface area contributed by atoms with Crippen molar-refractivity contribution in [2.75, 3.05) is 18.5 Å². The van der Waals surface area contributed by atoms with Gasteiger partial charge in [0.15, 0.2) is 5.89 Å². The number of hydrogen-bond donors (Lipinski definition) is 1. The molecule has 1 aromatic carbocycles. The van der Waals surface area contributed by atoms with Crippen LogP contribution in [0.1, 0.15) is 45.3 Å². The Bertz CT molecular complexity index is 725. The molecule has 1 aromatic heterocycles. The van der Waals surface area contributed by atoms with Gasteiger partial charge in [-0.3, -0.25) is 4.79 Å². The zero-order valence-electron chi connectivity index (χ0n) is 15.6. The van der Waals surface area contributed by atoms with E-state index < -0.39 is 0 Å². The van der Waals surface area contributed by atoms with Crippen LogP contribution in [0.5, 0.6) is 5.75 Å². The second kappa shape index (κ2) is 7.91. The molecule has 1 fully saturated rings. The zero-order valence-corrected chi connectivity index (χ0v) is 15.6. The number of nitrogens with zero attached hydrogens (tertiary/aromatic N) is 1. The van der Waals surface area contributed by atoms with E-state index in [1.807, 2.05) is 24.3 Å². The van der Waals surface area contributed by atoms with Crippen molar-refractivity contribution in [2.24, 2.45) is 0 Å². The summed E-state index contributed by atoms with van der Waals surface area (Å²) < 4.78 is 16.8. The van der Waals surface area contributed by atoms with E-state index in [1.165, 1.54) is 0 Å². The number of aryl methyl sites for hydroxylation is 1. The van der Waals surface area contributed by atoms with Crippen molar-refractivity contribution < 1.29 is 18.7 Å². The number of carbonyl (C=O) groups is 1. The van der Waals surface area contributed by atoms with Gasteiger partial charge in [-0.15, -0.1) is 0 Å². The third-order valence-corrected chi connectivity index (χ3v) is 4.19. The molecule has 0 bridgehead atoms. The third-order valence-electron chi connectivity index (χ3n) is 4.19. The van der Waals surface area contributed by atoms with Crippen LogP contribution in [0, 0.1) is 0 Å². The highest BCUT2D eigenvalue weighted by molar-refractivity contribution is 5.90. The summed E-state index contributed by atoms with van der Waals surface area (Å²) in [6, 6.07) is 7.40. The SMILES string of the molecule is CC(C)(C)c1cnc(CCC(=O)Nc2ccc(OC3CCOC3)cc2)o1. The minimum Gasteiger partial charge on any atom is -0.488 e. The van der Waals surface area contributed by atoms with Crippen LogP contribution in [0.25, 0.3) is 0 Å². The number of benzene rings is 1. The van der Waals surface area contributed by atoms with Gasteiger partial charge in [-0.2, -0.15) is 0 Å². The molecule has 1 aliphatic rings. The molecule has 26 heavy (non-hydrogen) atoms. The van der Waals surface area contributed by atoms with Gasteiger partial charge in [-0.25, -0.2) is 4.98 Å². The normalized spacial score (nSPS) is 17.3. The van der Waals surface area contributed by atoms with Crippen LogP contribution in [0.2, 0.25) is 0 Å². The third kappa shape index (κ3) is 5.08. The number of nitrogens with one attached hydrogen (secondary N) is 1. The smallest absolute Gasteiger partial charge is 0.224 e. The lowest BCUT2D eigenvalue weighted by atomic mass is 9.94. The van der Waals surface area contributed by atoms with Crippen molar-refractivity contribution in [3.63, 3.8) is 0 Å². The maximum absolute atomic E-state index is 12.1. The molecule has 0 radical (unpaired) electrons. The van der Waals surface area contributed by atoms with E-state index in [0.29, 0.717) is 25.3 Å². The van der Waals surface area contributed by atoms with E-state index in [-0.39, 0.29) is 17.4 Å². The Hall–Kier alpha value is -2.34. The van der Waals surface area contributed by atoms with Crippen molar-refractivity contribution in [1.82, 2.24) is 4.98 Å². The number of aromatic nitrogens is 1. The summed E-state index contributed by atoms with van der Waals surface area (Å²) in [4.78, 5) is 16.4. The summed E-state index contributed by atoms with van der Waals surface area (Å²) in [7, 11) is 0. The van der Waals surface area contributed by atoms with Gasteiger partial charge in [0.25, 0.3) is 0 Å². The summed E-state index contributed by atoms with van der Waals surface area (Å²) in [6.45, 7) is 7.59. The van der Waals surface area contributed by atoms with Crippen LogP contribution in [0.15, 0.2) is 34.9 Å². The Morgan fingerprint density at radius 2 is 2.08 bits per heavy atom. The fourth-order valence-electron chi connectivity index (χ4n) is 2.63. The molecule has 1 saturated heterocycles. The topological polar surface area (TPSA) is 73.6 Å². The first-order chi connectivity index (χ1) is 12.4. The quantitative estimate of drug-likeness (QED) is 0.852.